The summed E-state index contributed by atoms with van der Waals surface area (Å²) in [5.74, 6) is -0.429. The number of carbonyl (C=O) groups is 4. The number of amides is 4. The molecule has 3 atom stereocenters. The molecule has 220 valence electrons. The average Bonchev–Trinajstić information content (AvgIpc) is 3.53. The summed E-state index contributed by atoms with van der Waals surface area (Å²) in [6.07, 6.45) is 5.35. The first kappa shape index (κ1) is 29.7. The maximum absolute atomic E-state index is 14.0. The minimum absolute atomic E-state index is 0.0458. The molecule has 3 aliphatic rings. The van der Waals surface area contributed by atoms with Crippen LogP contribution in [0.4, 0.5) is 9.59 Å². The Balaban J connectivity index is 1.38. The second kappa shape index (κ2) is 12.9. The molecule has 1 saturated carbocycles. The lowest BCUT2D eigenvalue weighted by molar-refractivity contribution is -0.139. The van der Waals surface area contributed by atoms with E-state index in [-0.39, 0.29) is 49.1 Å². The van der Waals surface area contributed by atoms with Gasteiger partial charge in [-0.25, -0.2) is 9.59 Å². The predicted molar refractivity (Wildman–Crippen MR) is 149 cm³/mol. The number of hydrogen-bond donors (Lipinski definition) is 1. The van der Waals surface area contributed by atoms with E-state index >= 15 is 0 Å². The topological polar surface area (TPSA) is 108 Å². The van der Waals surface area contributed by atoms with Crippen molar-refractivity contribution in [2.24, 2.45) is 5.92 Å². The van der Waals surface area contributed by atoms with Crippen LogP contribution in [0.15, 0.2) is 30.3 Å². The Morgan fingerprint density at radius 1 is 0.950 bits per heavy atom. The third-order valence-corrected chi connectivity index (χ3v) is 8.09. The summed E-state index contributed by atoms with van der Waals surface area (Å²) < 4.78 is 10.9. The third kappa shape index (κ3) is 7.46. The van der Waals surface area contributed by atoms with Crippen LogP contribution in [-0.4, -0.2) is 89.1 Å². The van der Waals surface area contributed by atoms with E-state index in [1.165, 1.54) is 11.9 Å². The Morgan fingerprint density at radius 3 is 2.23 bits per heavy atom. The lowest BCUT2D eigenvalue weighted by atomic mass is 9.83. The highest BCUT2D eigenvalue weighted by Crippen LogP contribution is 2.35. The largest absolute Gasteiger partial charge is 0.445 e. The van der Waals surface area contributed by atoms with Gasteiger partial charge in [0.1, 0.15) is 24.8 Å². The number of nitrogens with one attached hydrogen (secondary N) is 1. The van der Waals surface area contributed by atoms with Crippen LogP contribution < -0.4 is 5.32 Å². The van der Waals surface area contributed by atoms with Crippen molar-refractivity contribution in [2.75, 3.05) is 26.7 Å². The molecular formula is C30H44N4O6. The van der Waals surface area contributed by atoms with Crippen molar-refractivity contribution < 1.29 is 28.7 Å². The zero-order chi connectivity index (χ0) is 28.9. The van der Waals surface area contributed by atoms with Crippen molar-refractivity contribution in [3.05, 3.63) is 35.9 Å². The van der Waals surface area contributed by atoms with Crippen LogP contribution in [0.1, 0.15) is 71.3 Å². The molecule has 4 amide bonds. The van der Waals surface area contributed by atoms with Crippen LogP contribution in [0.2, 0.25) is 0 Å². The van der Waals surface area contributed by atoms with Gasteiger partial charge >= 0.3 is 12.2 Å². The summed E-state index contributed by atoms with van der Waals surface area (Å²) in [6, 6.07) is 8.74. The molecule has 3 fully saturated rings. The molecule has 2 heterocycles. The summed E-state index contributed by atoms with van der Waals surface area (Å²) in [5, 5.41) is 2.98. The number of likely N-dealkylation sites (N-methyl/N-ethyl adjacent to an activating group) is 1. The summed E-state index contributed by atoms with van der Waals surface area (Å²) in [4.78, 5) is 57.2. The fraction of sp³-hybridized carbons (Fsp3) is 0.667. The molecule has 10 heteroatoms. The van der Waals surface area contributed by atoms with E-state index in [1.54, 1.807) is 25.7 Å². The van der Waals surface area contributed by atoms with Crippen LogP contribution in [0.5, 0.6) is 0 Å². The molecule has 2 saturated heterocycles. The molecule has 1 aromatic rings. The number of hydrogen-bond acceptors (Lipinski definition) is 6. The minimum Gasteiger partial charge on any atom is -0.445 e. The smallest absolute Gasteiger partial charge is 0.410 e. The highest BCUT2D eigenvalue weighted by Gasteiger charge is 2.48. The maximum Gasteiger partial charge on any atom is 0.410 e. The van der Waals surface area contributed by atoms with Crippen molar-refractivity contribution in [2.45, 2.75) is 96.1 Å². The number of fused-ring (bicyclic) bond motifs is 1. The average molecular weight is 557 g/mol. The van der Waals surface area contributed by atoms with Crippen molar-refractivity contribution >= 4 is 24.0 Å². The molecule has 3 unspecified atom stereocenters. The number of likely N-dealkylation sites (tertiary alicyclic amines) is 2. The van der Waals surface area contributed by atoms with Gasteiger partial charge in [0.05, 0.1) is 12.1 Å². The molecule has 0 spiro atoms. The summed E-state index contributed by atoms with van der Waals surface area (Å²) in [5.41, 5.74) is 0.260. The van der Waals surface area contributed by atoms with Gasteiger partial charge in [-0.1, -0.05) is 49.6 Å². The van der Waals surface area contributed by atoms with Crippen molar-refractivity contribution in [3.8, 4) is 0 Å². The molecule has 40 heavy (non-hydrogen) atoms. The zero-order valence-electron chi connectivity index (χ0n) is 24.3. The lowest BCUT2D eigenvalue weighted by Crippen LogP contribution is -2.56. The van der Waals surface area contributed by atoms with E-state index in [4.69, 9.17) is 9.47 Å². The minimum atomic E-state index is -0.669. The van der Waals surface area contributed by atoms with Crippen molar-refractivity contribution in [1.82, 2.24) is 20.0 Å². The molecule has 1 N–H and O–H groups in total. The number of nitrogens with zero attached hydrogens (tertiary/aromatic N) is 3. The Hall–Kier alpha value is -3.30. The maximum atomic E-state index is 14.0. The molecular weight excluding hydrogens is 512 g/mol. The lowest BCUT2D eigenvalue weighted by Gasteiger charge is -2.35. The molecule has 0 aromatic heterocycles. The van der Waals surface area contributed by atoms with Gasteiger partial charge in [0.25, 0.3) is 0 Å². The fourth-order valence-electron chi connectivity index (χ4n) is 6.16. The highest BCUT2D eigenvalue weighted by atomic mass is 16.6. The number of benzene rings is 1. The first-order valence-corrected chi connectivity index (χ1v) is 14.5. The number of rotatable bonds is 7. The monoisotopic (exact) mass is 556 g/mol. The van der Waals surface area contributed by atoms with Crippen LogP contribution in [0.3, 0.4) is 0 Å². The van der Waals surface area contributed by atoms with E-state index in [1.807, 2.05) is 35.2 Å². The number of ether oxygens (including phenoxy) is 2. The fourth-order valence-corrected chi connectivity index (χ4v) is 6.16. The van der Waals surface area contributed by atoms with Crippen LogP contribution in [0.25, 0.3) is 0 Å². The van der Waals surface area contributed by atoms with Crippen molar-refractivity contribution in [1.29, 1.82) is 0 Å². The SMILES string of the molecule is CN(CC(=O)NC(C(=O)N1CCC2C1CCN2C(=O)OCc1ccccc1)C1CCCCC1)C(=O)OC(C)(C)C. The van der Waals surface area contributed by atoms with Gasteiger partial charge in [-0.15, -0.1) is 0 Å². The van der Waals surface area contributed by atoms with Gasteiger partial charge in [0.2, 0.25) is 11.8 Å². The Bertz CT molecular complexity index is 1050. The first-order chi connectivity index (χ1) is 19.0. The Kier molecular flexibility index (Phi) is 9.58. The second-order valence-corrected chi connectivity index (χ2v) is 12.3. The van der Waals surface area contributed by atoms with Gasteiger partial charge in [-0.3, -0.25) is 9.59 Å². The Labute approximate surface area is 237 Å². The molecule has 2 aliphatic heterocycles. The van der Waals surface area contributed by atoms with E-state index in [2.05, 4.69) is 5.32 Å². The molecule has 10 nitrogen and oxygen atoms in total. The molecule has 0 radical (unpaired) electrons. The van der Waals surface area contributed by atoms with Crippen LogP contribution in [0, 0.1) is 5.92 Å². The summed E-state index contributed by atoms with van der Waals surface area (Å²) in [7, 11) is 1.51. The first-order valence-electron chi connectivity index (χ1n) is 14.5. The standard InChI is InChI=1S/C30H44N4O6/c1-30(2,3)40-28(37)32(4)19-25(35)31-26(22-13-9-6-10-14-22)27(36)33-17-15-24-23(33)16-18-34(24)29(38)39-20-21-11-7-5-8-12-21/h5,7-8,11-12,22-24,26H,6,9-10,13-20H2,1-4H3,(H,31,35). The second-order valence-electron chi connectivity index (χ2n) is 12.3. The van der Waals surface area contributed by atoms with Crippen molar-refractivity contribution in [3.63, 3.8) is 0 Å². The molecule has 4 rings (SSSR count). The zero-order valence-corrected chi connectivity index (χ0v) is 24.3. The normalized spacial score (nSPS) is 21.9. The van der Waals surface area contributed by atoms with Gasteiger partial charge in [-0.05, 0) is 57.9 Å². The molecule has 1 aliphatic carbocycles. The quantitative estimate of drug-likeness (QED) is 0.545. The van der Waals surface area contributed by atoms with E-state index in [0.717, 1.165) is 37.7 Å². The molecule has 0 bridgehead atoms. The number of carbonyl (C=O) groups excluding carboxylic acids is 4. The summed E-state index contributed by atoms with van der Waals surface area (Å²) >= 11 is 0. The van der Waals surface area contributed by atoms with E-state index in [9.17, 15) is 19.2 Å². The third-order valence-electron chi connectivity index (χ3n) is 8.09. The van der Waals surface area contributed by atoms with E-state index in [0.29, 0.717) is 25.9 Å². The predicted octanol–water partition coefficient (Wildman–Crippen LogP) is 3.93. The van der Waals surface area contributed by atoms with Gasteiger partial charge < -0.3 is 29.5 Å². The van der Waals surface area contributed by atoms with Gasteiger partial charge in [0, 0.05) is 20.1 Å². The molecule has 1 aromatic carbocycles. The van der Waals surface area contributed by atoms with Crippen LogP contribution in [-0.2, 0) is 25.7 Å². The van der Waals surface area contributed by atoms with Crippen LogP contribution >= 0.6 is 0 Å². The Morgan fingerprint density at radius 2 is 1.57 bits per heavy atom. The summed E-state index contributed by atoms with van der Waals surface area (Å²) in [6.45, 7) is 6.40. The van der Waals surface area contributed by atoms with Gasteiger partial charge in [0.15, 0.2) is 0 Å². The highest BCUT2D eigenvalue weighted by molar-refractivity contribution is 5.90. The van der Waals surface area contributed by atoms with Gasteiger partial charge in [-0.2, -0.15) is 0 Å². The van der Waals surface area contributed by atoms with E-state index < -0.39 is 17.7 Å².